The van der Waals surface area contributed by atoms with E-state index < -0.39 is 0 Å². The lowest BCUT2D eigenvalue weighted by molar-refractivity contribution is -0.187. The first-order chi connectivity index (χ1) is 6.63. The summed E-state index contributed by atoms with van der Waals surface area (Å²) in [4.78, 5) is 13.7. The molecule has 0 spiro atoms. The van der Waals surface area contributed by atoms with Gasteiger partial charge in [-0.1, -0.05) is 15.9 Å². The topological polar surface area (TPSA) is 29.5 Å². The van der Waals surface area contributed by atoms with Crippen LogP contribution in [0.25, 0.3) is 0 Å². The van der Waals surface area contributed by atoms with Crippen LogP contribution in [0.3, 0.4) is 0 Å². The lowest BCUT2D eigenvalue weighted by Gasteiger charge is -2.47. The summed E-state index contributed by atoms with van der Waals surface area (Å²) in [5.41, 5.74) is -0.529. The van der Waals surface area contributed by atoms with Gasteiger partial charge < -0.3 is 9.64 Å². The molecule has 4 heteroatoms. The molecule has 0 aromatic rings. The monoisotopic (exact) mass is 277 g/mol. The molecule has 0 aromatic carbocycles. The third-order valence-corrected chi connectivity index (χ3v) is 2.74. The highest BCUT2D eigenvalue weighted by Gasteiger charge is 2.40. The third kappa shape index (κ3) is 3.45. The highest BCUT2D eigenvalue weighted by atomic mass is 79.9. The number of morpholine rings is 1. The van der Waals surface area contributed by atoms with Gasteiger partial charge in [0.25, 0.3) is 0 Å². The largest absolute Gasteiger partial charge is 0.366 e. The van der Waals surface area contributed by atoms with Crippen LogP contribution in [0.5, 0.6) is 0 Å². The number of halogens is 1. The molecule has 0 radical (unpaired) electrons. The highest BCUT2D eigenvalue weighted by molar-refractivity contribution is 9.10. The van der Waals surface area contributed by atoms with Crippen LogP contribution >= 0.6 is 15.9 Å². The summed E-state index contributed by atoms with van der Waals surface area (Å²) in [5.74, 6) is 0.138. The molecule has 3 nitrogen and oxygen atoms in total. The Kier molecular flexibility index (Phi) is 3.51. The fourth-order valence-corrected chi connectivity index (χ4v) is 2.48. The summed E-state index contributed by atoms with van der Waals surface area (Å²) in [6, 6.07) is 0. The first-order valence-electron chi connectivity index (χ1n) is 5.26. The average molecular weight is 278 g/mol. The van der Waals surface area contributed by atoms with Crippen LogP contribution in [0.1, 0.15) is 34.6 Å². The van der Waals surface area contributed by atoms with E-state index in [1.807, 2.05) is 39.5 Å². The quantitative estimate of drug-likeness (QED) is 0.688. The molecule has 0 aliphatic carbocycles. The summed E-state index contributed by atoms with van der Waals surface area (Å²) in [6.45, 7) is 11.3. The summed E-state index contributed by atoms with van der Waals surface area (Å²) in [5, 5.41) is 0. The van der Waals surface area contributed by atoms with E-state index in [1.54, 1.807) is 0 Å². The van der Waals surface area contributed by atoms with Crippen LogP contribution in [-0.2, 0) is 9.53 Å². The normalized spacial score (nSPS) is 26.1. The van der Waals surface area contributed by atoms with Crippen molar-refractivity contribution in [3.63, 3.8) is 0 Å². The first kappa shape index (κ1) is 13.0. The Morgan fingerprint density at radius 3 is 2.00 bits per heavy atom. The zero-order valence-electron chi connectivity index (χ0n) is 10.1. The number of rotatable bonds is 1. The summed E-state index contributed by atoms with van der Waals surface area (Å²) in [6.07, 6.45) is 0. The zero-order chi connectivity index (χ0) is 11.9. The van der Waals surface area contributed by atoms with Gasteiger partial charge in [-0.15, -0.1) is 0 Å². The molecular weight excluding hydrogens is 258 g/mol. The third-order valence-electron chi connectivity index (χ3n) is 2.35. The second kappa shape index (κ2) is 4.06. The minimum absolute atomic E-state index is 0.123. The summed E-state index contributed by atoms with van der Waals surface area (Å²) >= 11 is 3.32. The number of nitrogens with zero attached hydrogens (tertiary/aromatic N) is 1. The van der Waals surface area contributed by atoms with Crippen molar-refractivity contribution in [2.24, 2.45) is 0 Å². The number of amides is 1. The molecule has 1 atom stereocenters. The Hall–Kier alpha value is -0.0900. The molecule has 0 N–H and O–H groups in total. The van der Waals surface area contributed by atoms with E-state index in [2.05, 4.69) is 15.9 Å². The van der Waals surface area contributed by atoms with Crippen LogP contribution in [0.2, 0.25) is 0 Å². The molecule has 0 saturated carbocycles. The minimum Gasteiger partial charge on any atom is -0.366 e. The highest BCUT2D eigenvalue weighted by Crippen LogP contribution is 2.28. The smallest absolute Gasteiger partial charge is 0.236 e. The van der Waals surface area contributed by atoms with Gasteiger partial charge >= 0.3 is 0 Å². The Balaban J connectivity index is 2.80. The van der Waals surface area contributed by atoms with E-state index in [0.717, 1.165) is 0 Å². The van der Waals surface area contributed by atoms with E-state index in [-0.39, 0.29) is 21.9 Å². The first-order valence-corrected chi connectivity index (χ1v) is 6.18. The maximum Gasteiger partial charge on any atom is 0.236 e. The molecular formula is C11H20BrNO2. The van der Waals surface area contributed by atoms with Crippen molar-refractivity contribution in [3.8, 4) is 0 Å². The molecule has 1 aliphatic heterocycles. The van der Waals surface area contributed by atoms with Gasteiger partial charge in [-0.25, -0.2) is 0 Å². The van der Waals surface area contributed by atoms with Crippen molar-refractivity contribution in [3.05, 3.63) is 0 Å². The molecule has 1 aliphatic rings. The van der Waals surface area contributed by atoms with E-state index in [9.17, 15) is 4.79 Å². The number of alkyl halides is 1. The van der Waals surface area contributed by atoms with Gasteiger partial charge in [-0.3, -0.25) is 4.79 Å². The molecule has 1 fully saturated rings. The maximum atomic E-state index is 11.9. The lowest BCUT2D eigenvalue weighted by atomic mass is 9.99. The maximum absolute atomic E-state index is 11.9. The van der Waals surface area contributed by atoms with Crippen LogP contribution in [0.4, 0.5) is 0 Å². The fraction of sp³-hybridized carbons (Fsp3) is 0.909. The summed E-state index contributed by atoms with van der Waals surface area (Å²) < 4.78 is 5.91. The number of carbonyl (C=O) groups is 1. The average Bonchev–Trinajstić information content (AvgIpc) is 1.96. The van der Waals surface area contributed by atoms with Gasteiger partial charge in [0.05, 0.1) is 16.0 Å². The minimum atomic E-state index is -0.265. The predicted molar refractivity (Wildman–Crippen MR) is 64.2 cm³/mol. The second-order valence-corrected chi connectivity index (χ2v) is 6.81. The van der Waals surface area contributed by atoms with Gasteiger partial charge in [0, 0.05) is 13.1 Å². The van der Waals surface area contributed by atoms with Crippen molar-refractivity contribution in [2.45, 2.75) is 50.6 Å². The molecule has 0 aromatic heterocycles. The van der Waals surface area contributed by atoms with Gasteiger partial charge in [0.15, 0.2) is 0 Å². The van der Waals surface area contributed by atoms with E-state index in [0.29, 0.717) is 13.1 Å². The van der Waals surface area contributed by atoms with Crippen molar-refractivity contribution >= 4 is 21.8 Å². The van der Waals surface area contributed by atoms with Crippen LogP contribution in [0, 0.1) is 0 Å². The number of carbonyl (C=O) groups excluding carboxylic acids is 1. The molecule has 1 amide bonds. The van der Waals surface area contributed by atoms with Crippen molar-refractivity contribution in [1.29, 1.82) is 0 Å². The molecule has 1 rings (SSSR count). The van der Waals surface area contributed by atoms with Crippen LogP contribution in [0.15, 0.2) is 0 Å². The Labute approximate surface area is 100 Å². The van der Waals surface area contributed by atoms with Gasteiger partial charge in [0.1, 0.15) is 0 Å². The van der Waals surface area contributed by atoms with E-state index in [1.165, 1.54) is 0 Å². The predicted octanol–water partition coefficient (Wildman–Crippen LogP) is 2.19. The molecule has 15 heavy (non-hydrogen) atoms. The summed E-state index contributed by atoms with van der Waals surface area (Å²) in [7, 11) is 0. The second-order valence-electron chi connectivity index (χ2n) is 5.43. The molecule has 0 bridgehead atoms. The Bertz CT molecular complexity index is 245. The van der Waals surface area contributed by atoms with Gasteiger partial charge in [-0.05, 0) is 34.6 Å². The molecule has 1 heterocycles. The number of ether oxygens (including phenoxy) is 1. The van der Waals surface area contributed by atoms with E-state index in [4.69, 9.17) is 4.74 Å². The fourth-order valence-electron chi connectivity index (χ4n) is 2.20. The van der Waals surface area contributed by atoms with E-state index >= 15 is 0 Å². The number of hydrogen-bond donors (Lipinski definition) is 0. The lowest BCUT2D eigenvalue weighted by Crippen LogP contribution is -2.59. The number of hydrogen-bond acceptors (Lipinski definition) is 2. The molecule has 1 unspecified atom stereocenters. The van der Waals surface area contributed by atoms with Crippen molar-refractivity contribution < 1.29 is 9.53 Å². The van der Waals surface area contributed by atoms with Crippen LogP contribution < -0.4 is 0 Å². The zero-order valence-corrected chi connectivity index (χ0v) is 11.7. The molecule has 1 saturated heterocycles. The van der Waals surface area contributed by atoms with Gasteiger partial charge in [0.2, 0.25) is 5.91 Å². The van der Waals surface area contributed by atoms with Crippen LogP contribution in [-0.4, -0.2) is 39.9 Å². The van der Waals surface area contributed by atoms with Crippen molar-refractivity contribution in [1.82, 2.24) is 4.90 Å². The molecule has 88 valence electrons. The SMILES string of the molecule is CC(Br)C(=O)N1CC(C)(C)OC(C)(C)C1. The Morgan fingerprint density at radius 1 is 1.27 bits per heavy atom. The standard InChI is InChI=1S/C11H20BrNO2/c1-8(12)9(14)13-6-10(2,3)15-11(4,5)7-13/h8H,6-7H2,1-5H3. The Morgan fingerprint density at radius 2 is 1.67 bits per heavy atom. The van der Waals surface area contributed by atoms with Gasteiger partial charge in [-0.2, -0.15) is 0 Å². The van der Waals surface area contributed by atoms with Crippen molar-refractivity contribution in [2.75, 3.05) is 13.1 Å².